The topological polar surface area (TPSA) is 24.5 Å². The Hall–Kier alpha value is -0.120. The highest BCUT2D eigenvalue weighted by atomic mass is 16.5. The van der Waals surface area contributed by atoms with E-state index in [-0.39, 0.29) is 5.60 Å². The van der Waals surface area contributed by atoms with Gasteiger partial charge in [-0.1, -0.05) is 19.3 Å². The van der Waals surface area contributed by atoms with Crippen LogP contribution in [0.5, 0.6) is 0 Å². The van der Waals surface area contributed by atoms with Gasteiger partial charge in [0.25, 0.3) is 0 Å². The van der Waals surface area contributed by atoms with Crippen LogP contribution in [0.1, 0.15) is 46.0 Å². The predicted molar refractivity (Wildman–Crippen MR) is 75.9 cm³/mol. The number of methoxy groups -OCH3 is 1. The highest BCUT2D eigenvalue weighted by Gasteiger charge is 2.30. The fraction of sp³-hybridized carbons (Fsp3) is 1.00. The third kappa shape index (κ3) is 3.94. The van der Waals surface area contributed by atoms with Crippen LogP contribution in [0.3, 0.4) is 0 Å². The summed E-state index contributed by atoms with van der Waals surface area (Å²) in [4.78, 5) is 2.58. The van der Waals surface area contributed by atoms with Gasteiger partial charge in [-0.05, 0) is 32.6 Å². The molecule has 0 aromatic heterocycles. The maximum atomic E-state index is 5.56. The predicted octanol–water partition coefficient (Wildman–Crippen LogP) is 2.27. The fourth-order valence-corrected chi connectivity index (χ4v) is 3.44. The molecule has 0 bridgehead atoms. The Balaban J connectivity index is 1.84. The zero-order valence-corrected chi connectivity index (χ0v) is 12.4. The molecule has 3 heteroatoms. The van der Waals surface area contributed by atoms with Gasteiger partial charge in [-0.2, -0.15) is 0 Å². The standard InChI is InChI=1S/C15H30N2O/c1-15(2,18-3)12-17-10-9-16-14(11-17)13-7-5-4-6-8-13/h13-14,16H,4-12H2,1-3H3. The number of hydrogen-bond donors (Lipinski definition) is 1. The Morgan fingerprint density at radius 3 is 2.61 bits per heavy atom. The molecular formula is C15H30N2O. The molecule has 1 aliphatic heterocycles. The van der Waals surface area contributed by atoms with Crippen LogP contribution in [0, 0.1) is 5.92 Å². The maximum Gasteiger partial charge on any atom is 0.0749 e. The molecule has 1 saturated carbocycles. The quantitative estimate of drug-likeness (QED) is 0.833. The molecule has 2 aliphatic rings. The van der Waals surface area contributed by atoms with Crippen molar-refractivity contribution >= 4 is 0 Å². The van der Waals surface area contributed by atoms with Crippen LogP contribution in [-0.2, 0) is 4.74 Å². The normalized spacial score (nSPS) is 28.5. The smallest absolute Gasteiger partial charge is 0.0749 e. The van der Waals surface area contributed by atoms with Gasteiger partial charge in [0, 0.05) is 39.3 Å². The summed E-state index contributed by atoms with van der Waals surface area (Å²) >= 11 is 0. The SMILES string of the molecule is COC(C)(C)CN1CCNC(C2CCCCC2)C1. The lowest BCUT2D eigenvalue weighted by molar-refractivity contribution is -0.0163. The van der Waals surface area contributed by atoms with E-state index in [1.54, 1.807) is 0 Å². The minimum Gasteiger partial charge on any atom is -0.377 e. The summed E-state index contributed by atoms with van der Waals surface area (Å²) in [7, 11) is 1.82. The molecule has 1 heterocycles. The van der Waals surface area contributed by atoms with Gasteiger partial charge in [0.2, 0.25) is 0 Å². The van der Waals surface area contributed by atoms with E-state index in [2.05, 4.69) is 24.1 Å². The molecule has 0 aromatic carbocycles. The summed E-state index contributed by atoms with van der Waals surface area (Å²) in [6, 6.07) is 0.715. The maximum absolute atomic E-state index is 5.56. The van der Waals surface area contributed by atoms with Gasteiger partial charge in [-0.25, -0.2) is 0 Å². The molecule has 0 spiro atoms. The Kier molecular flexibility index (Phi) is 5.05. The summed E-state index contributed by atoms with van der Waals surface area (Å²) in [5.74, 6) is 0.909. The Bertz CT molecular complexity index is 249. The van der Waals surface area contributed by atoms with E-state index in [0.717, 1.165) is 25.6 Å². The first kappa shape index (κ1) is 14.3. The monoisotopic (exact) mass is 254 g/mol. The highest BCUT2D eigenvalue weighted by molar-refractivity contribution is 4.88. The van der Waals surface area contributed by atoms with E-state index in [0.29, 0.717) is 6.04 Å². The number of ether oxygens (including phenoxy) is 1. The number of piperazine rings is 1. The minimum absolute atomic E-state index is 0.0194. The first-order valence-corrected chi connectivity index (χ1v) is 7.61. The minimum atomic E-state index is -0.0194. The van der Waals surface area contributed by atoms with Gasteiger partial charge in [0.1, 0.15) is 0 Å². The largest absolute Gasteiger partial charge is 0.377 e. The van der Waals surface area contributed by atoms with E-state index < -0.39 is 0 Å². The van der Waals surface area contributed by atoms with Crippen molar-refractivity contribution in [3.05, 3.63) is 0 Å². The van der Waals surface area contributed by atoms with Gasteiger partial charge < -0.3 is 10.1 Å². The fourth-order valence-electron chi connectivity index (χ4n) is 3.44. The molecule has 0 amide bonds. The second-order valence-corrected chi connectivity index (χ2v) is 6.66. The zero-order valence-electron chi connectivity index (χ0n) is 12.4. The van der Waals surface area contributed by atoms with Crippen molar-refractivity contribution in [2.45, 2.75) is 57.6 Å². The molecule has 0 radical (unpaired) electrons. The number of hydrogen-bond acceptors (Lipinski definition) is 3. The van der Waals surface area contributed by atoms with Crippen molar-refractivity contribution in [2.24, 2.45) is 5.92 Å². The van der Waals surface area contributed by atoms with Crippen LogP contribution >= 0.6 is 0 Å². The highest BCUT2D eigenvalue weighted by Crippen LogP contribution is 2.28. The van der Waals surface area contributed by atoms with Crippen LogP contribution < -0.4 is 5.32 Å². The van der Waals surface area contributed by atoms with Crippen molar-refractivity contribution in [1.29, 1.82) is 0 Å². The number of nitrogens with zero attached hydrogens (tertiary/aromatic N) is 1. The van der Waals surface area contributed by atoms with Crippen molar-refractivity contribution in [3.63, 3.8) is 0 Å². The lowest BCUT2D eigenvalue weighted by Crippen LogP contribution is -2.56. The second-order valence-electron chi connectivity index (χ2n) is 6.66. The third-order valence-electron chi connectivity index (χ3n) is 4.67. The molecule has 0 aromatic rings. The molecular weight excluding hydrogens is 224 g/mol. The van der Waals surface area contributed by atoms with Crippen molar-refractivity contribution in [3.8, 4) is 0 Å². The summed E-state index contributed by atoms with van der Waals surface area (Å²) in [6.45, 7) is 8.93. The van der Waals surface area contributed by atoms with E-state index in [1.807, 2.05) is 7.11 Å². The van der Waals surface area contributed by atoms with E-state index in [1.165, 1.54) is 38.6 Å². The molecule has 1 unspecified atom stereocenters. The second kappa shape index (κ2) is 6.36. The Morgan fingerprint density at radius 2 is 1.94 bits per heavy atom. The first-order chi connectivity index (χ1) is 8.61. The third-order valence-corrected chi connectivity index (χ3v) is 4.67. The lowest BCUT2D eigenvalue weighted by Gasteiger charge is -2.41. The molecule has 1 atom stereocenters. The van der Waals surface area contributed by atoms with Crippen LogP contribution in [-0.4, -0.2) is 49.8 Å². The molecule has 2 rings (SSSR count). The van der Waals surface area contributed by atoms with Gasteiger partial charge in [-0.15, -0.1) is 0 Å². The summed E-state index contributed by atoms with van der Waals surface area (Å²) in [5.41, 5.74) is -0.0194. The Labute approximate surface area is 112 Å². The first-order valence-electron chi connectivity index (χ1n) is 7.61. The van der Waals surface area contributed by atoms with Crippen molar-refractivity contribution in [1.82, 2.24) is 10.2 Å². The summed E-state index contributed by atoms with van der Waals surface area (Å²) < 4.78 is 5.56. The molecule has 1 aliphatic carbocycles. The van der Waals surface area contributed by atoms with Gasteiger partial charge in [0.15, 0.2) is 0 Å². The van der Waals surface area contributed by atoms with E-state index in [9.17, 15) is 0 Å². The van der Waals surface area contributed by atoms with Gasteiger partial charge in [-0.3, -0.25) is 4.90 Å². The van der Waals surface area contributed by atoms with Gasteiger partial charge in [0.05, 0.1) is 5.60 Å². The van der Waals surface area contributed by atoms with Crippen molar-refractivity contribution in [2.75, 3.05) is 33.3 Å². The number of nitrogens with one attached hydrogen (secondary N) is 1. The van der Waals surface area contributed by atoms with E-state index >= 15 is 0 Å². The molecule has 3 nitrogen and oxygen atoms in total. The Morgan fingerprint density at radius 1 is 1.22 bits per heavy atom. The summed E-state index contributed by atoms with van der Waals surface area (Å²) in [6.07, 6.45) is 7.18. The number of rotatable bonds is 4. The molecule has 1 N–H and O–H groups in total. The average Bonchev–Trinajstić information content (AvgIpc) is 2.40. The summed E-state index contributed by atoms with van der Waals surface area (Å²) in [5, 5.41) is 3.74. The molecule has 1 saturated heterocycles. The van der Waals surface area contributed by atoms with Crippen LogP contribution in [0.4, 0.5) is 0 Å². The van der Waals surface area contributed by atoms with Crippen LogP contribution in [0.25, 0.3) is 0 Å². The molecule has 106 valence electrons. The zero-order chi connectivity index (χ0) is 13.0. The van der Waals surface area contributed by atoms with Gasteiger partial charge >= 0.3 is 0 Å². The lowest BCUT2D eigenvalue weighted by atomic mass is 9.83. The molecule has 18 heavy (non-hydrogen) atoms. The van der Waals surface area contributed by atoms with Crippen molar-refractivity contribution < 1.29 is 4.74 Å². The van der Waals surface area contributed by atoms with Crippen LogP contribution in [0.2, 0.25) is 0 Å². The molecule has 2 fully saturated rings. The van der Waals surface area contributed by atoms with Crippen LogP contribution in [0.15, 0.2) is 0 Å². The van der Waals surface area contributed by atoms with E-state index in [4.69, 9.17) is 4.74 Å². The average molecular weight is 254 g/mol.